The summed E-state index contributed by atoms with van der Waals surface area (Å²) in [7, 11) is 1.60. The summed E-state index contributed by atoms with van der Waals surface area (Å²) in [5.74, 6) is 0.450. The zero-order valence-corrected chi connectivity index (χ0v) is 12.1. The van der Waals surface area contributed by atoms with Crippen molar-refractivity contribution in [3.63, 3.8) is 0 Å². The minimum atomic E-state index is -0.285. The van der Waals surface area contributed by atoms with E-state index in [1.165, 1.54) is 18.2 Å². The number of amides is 1. The van der Waals surface area contributed by atoms with Crippen LogP contribution in [0.15, 0.2) is 48.5 Å². The molecule has 0 radical (unpaired) electrons. The quantitative estimate of drug-likeness (QED) is 0.669. The first-order chi connectivity index (χ1) is 10.1. The molecule has 0 heterocycles. The molecule has 0 bridgehead atoms. The van der Waals surface area contributed by atoms with Crippen molar-refractivity contribution in [2.75, 3.05) is 12.4 Å². The fourth-order valence-corrected chi connectivity index (χ4v) is 1.84. The van der Waals surface area contributed by atoms with E-state index in [4.69, 9.17) is 16.3 Å². The van der Waals surface area contributed by atoms with Crippen LogP contribution in [-0.2, 0) is 4.79 Å². The number of carbonyl (C=O) groups excluding carboxylic acids is 1. The topological polar surface area (TPSA) is 58.6 Å². The zero-order valence-electron chi connectivity index (χ0n) is 11.3. The Labute approximate surface area is 127 Å². The minimum absolute atomic E-state index is 0.0246. The summed E-state index contributed by atoms with van der Waals surface area (Å²) in [6, 6.07) is 11.8. The van der Waals surface area contributed by atoms with Crippen molar-refractivity contribution < 1.29 is 14.6 Å². The van der Waals surface area contributed by atoms with Crippen molar-refractivity contribution in [2.24, 2.45) is 0 Å². The zero-order chi connectivity index (χ0) is 15.2. The van der Waals surface area contributed by atoms with E-state index in [0.717, 1.165) is 11.3 Å². The van der Waals surface area contributed by atoms with E-state index in [-0.39, 0.29) is 16.7 Å². The molecule has 0 aromatic heterocycles. The summed E-state index contributed by atoms with van der Waals surface area (Å²) in [4.78, 5) is 11.8. The number of phenolic OH excluding ortho intramolecular Hbond substituents is 1. The summed E-state index contributed by atoms with van der Waals surface area (Å²) < 4.78 is 5.06. The highest BCUT2D eigenvalue weighted by Gasteiger charge is 2.02. The third-order valence-corrected chi connectivity index (χ3v) is 3.06. The van der Waals surface area contributed by atoms with Gasteiger partial charge in [0.25, 0.3) is 0 Å². The molecule has 0 spiro atoms. The van der Waals surface area contributed by atoms with Gasteiger partial charge in [0.15, 0.2) is 0 Å². The molecule has 4 nitrogen and oxygen atoms in total. The normalized spacial score (nSPS) is 10.6. The fourth-order valence-electron chi connectivity index (χ4n) is 1.66. The number of anilines is 1. The van der Waals surface area contributed by atoms with E-state index in [1.807, 2.05) is 24.3 Å². The number of carbonyl (C=O) groups is 1. The number of nitrogens with one attached hydrogen (secondary N) is 1. The Hall–Kier alpha value is -2.46. The van der Waals surface area contributed by atoms with Crippen molar-refractivity contribution in [1.82, 2.24) is 0 Å². The van der Waals surface area contributed by atoms with Crippen molar-refractivity contribution in [3.05, 3.63) is 59.1 Å². The maximum atomic E-state index is 11.8. The lowest BCUT2D eigenvalue weighted by Gasteiger charge is -2.04. The van der Waals surface area contributed by atoms with Gasteiger partial charge in [0.2, 0.25) is 5.91 Å². The molecule has 5 heteroatoms. The van der Waals surface area contributed by atoms with Gasteiger partial charge in [-0.25, -0.2) is 0 Å². The van der Waals surface area contributed by atoms with Crippen LogP contribution in [-0.4, -0.2) is 18.1 Å². The van der Waals surface area contributed by atoms with E-state index in [1.54, 1.807) is 19.3 Å². The van der Waals surface area contributed by atoms with Gasteiger partial charge in [0, 0.05) is 11.8 Å². The van der Waals surface area contributed by atoms with Gasteiger partial charge < -0.3 is 15.2 Å². The smallest absolute Gasteiger partial charge is 0.248 e. The Morgan fingerprint density at radius 3 is 2.57 bits per heavy atom. The number of methoxy groups -OCH3 is 1. The number of phenols is 1. The molecule has 2 N–H and O–H groups in total. The summed E-state index contributed by atoms with van der Waals surface area (Å²) in [5, 5.41) is 12.1. The lowest BCUT2D eigenvalue weighted by molar-refractivity contribution is -0.111. The molecular weight excluding hydrogens is 290 g/mol. The van der Waals surface area contributed by atoms with E-state index >= 15 is 0 Å². The highest BCUT2D eigenvalue weighted by Crippen LogP contribution is 2.26. The van der Waals surface area contributed by atoms with Crippen LogP contribution >= 0.6 is 11.6 Å². The molecule has 0 aliphatic carbocycles. The van der Waals surface area contributed by atoms with Crippen molar-refractivity contribution in [1.29, 1.82) is 0 Å². The van der Waals surface area contributed by atoms with Gasteiger partial charge in [-0.05, 0) is 42.0 Å². The average molecular weight is 304 g/mol. The first-order valence-electron chi connectivity index (χ1n) is 6.20. The van der Waals surface area contributed by atoms with Crippen LogP contribution in [0.1, 0.15) is 5.56 Å². The second-order valence-electron chi connectivity index (χ2n) is 4.26. The predicted octanol–water partition coefficient (Wildman–Crippen LogP) is 3.71. The molecule has 0 saturated carbocycles. The maximum Gasteiger partial charge on any atom is 0.248 e. The van der Waals surface area contributed by atoms with Gasteiger partial charge in [-0.2, -0.15) is 0 Å². The van der Waals surface area contributed by atoms with Crippen LogP contribution in [0, 0.1) is 0 Å². The first kappa shape index (κ1) is 14.9. The van der Waals surface area contributed by atoms with E-state index in [0.29, 0.717) is 5.69 Å². The van der Waals surface area contributed by atoms with Gasteiger partial charge in [-0.15, -0.1) is 0 Å². The first-order valence-corrected chi connectivity index (χ1v) is 6.58. The Balaban J connectivity index is 1.99. The number of hydrogen-bond donors (Lipinski definition) is 2. The molecule has 1 amide bonds. The molecule has 21 heavy (non-hydrogen) atoms. The van der Waals surface area contributed by atoms with Crippen LogP contribution in [0.2, 0.25) is 5.02 Å². The van der Waals surface area contributed by atoms with E-state index < -0.39 is 0 Å². The minimum Gasteiger partial charge on any atom is -0.506 e. The molecule has 0 aliphatic heterocycles. The van der Waals surface area contributed by atoms with Gasteiger partial charge in [0.05, 0.1) is 12.1 Å². The standard InChI is InChI=1S/C16H14ClNO3/c1-21-13-6-2-11(3-7-13)4-9-16(20)18-12-5-8-15(19)14(17)10-12/h2-10,19H,1H3,(H,18,20). The van der Waals surface area contributed by atoms with Crippen molar-refractivity contribution in [3.8, 4) is 11.5 Å². The summed E-state index contributed by atoms with van der Waals surface area (Å²) in [6.07, 6.45) is 3.11. The molecule has 0 aliphatic rings. The number of halogens is 1. The number of ether oxygens (including phenoxy) is 1. The van der Waals surface area contributed by atoms with Crippen molar-refractivity contribution in [2.45, 2.75) is 0 Å². The molecule has 2 aromatic carbocycles. The molecule has 0 unspecified atom stereocenters. The van der Waals surface area contributed by atoms with Gasteiger partial charge in [-0.3, -0.25) is 4.79 Å². The summed E-state index contributed by atoms with van der Waals surface area (Å²) >= 11 is 5.77. The SMILES string of the molecule is COc1ccc(C=CC(=O)Nc2ccc(O)c(Cl)c2)cc1. The highest BCUT2D eigenvalue weighted by atomic mass is 35.5. The van der Waals surface area contributed by atoms with Gasteiger partial charge >= 0.3 is 0 Å². The van der Waals surface area contributed by atoms with Crippen LogP contribution in [0.3, 0.4) is 0 Å². The fraction of sp³-hybridized carbons (Fsp3) is 0.0625. The summed E-state index contributed by atoms with van der Waals surface area (Å²) in [5.41, 5.74) is 1.40. The molecule has 2 aromatic rings. The van der Waals surface area contributed by atoms with Crippen LogP contribution in [0.5, 0.6) is 11.5 Å². The lowest BCUT2D eigenvalue weighted by Crippen LogP contribution is -2.07. The third kappa shape index (κ3) is 4.26. The molecule has 0 fully saturated rings. The Morgan fingerprint density at radius 2 is 1.95 bits per heavy atom. The second-order valence-corrected chi connectivity index (χ2v) is 4.67. The van der Waals surface area contributed by atoms with Crippen molar-refractivity contribution >= 4 is 29.3 Å². The monoisotopic (exact) mass is 303 g/mol. The number of aromatic hydroxyl groups is 1. The maximum absolute atomic E-state index is 11.8. The van der Waals surface area contributed by atoms with Crippen LogP contribution < -0.4 is 10.1 Å². The molecular formula is C16H14ClNO3. The van der Waals surface area contributed by atoms with Crippen LogP contribution in [0.4, 0.5) is 5.69 Å². The average Bonchev–Trinajstić information content (AvgIpc) is 2.49. The molecule has 0 saturated heterocycles. The predicted molar refractivity (Wildman–Crippen MR) is 83.8 cm³/mol. The van der Waals surface area contributed by atoms with Gasteiger partial charge in [-0.1, -0.05) is 23.7 Å². The third-order valence-electron chi connectivity index (χ3n) is 2.76. The highest BCUT2D eigenvalue weighted by molar-refractivity contribution is 6.32. The summed E-state index contributed by atoms with van der Waals surface area (Å²) in [6.45, 7) is 0. The lowest BCUT2D eigenvalue weighted by atomic mass is 10.2. The van der Waals surface area contributed by atoms with E-state index in [2.05, 4.69) is 5.32 Å². The Morgan fingerprint density at radius 1 is 1.24 bits per heavy atom. The Bertz CT molecular complexity index is 666. The molecule has 2 rings (SSSR count). The molecule has 0 atom stereocenters. The van der Waals surface area contributed by atoms with Crippen LogP contribution in [0.25, 0.3) is 6.08 Å². The largest absolute Gasteiger partial charge is 0.506 e. The number of hydrogen-bond acceptors (Lipinski definition) is 3. The second kappa shape index (κ2) is 6.81. The number of rotatable bonds is 4. The molecule has 108 valence electrons. The van der Waals surface area contributed by atoms with Gasteiger partial charge in [0.1, 0.15) is 11.5 Å². The number of benzene rings is 2. The Kier molecular flexibility index (Phi) is 4.85. The van der Waals surface area contributed by atoms with E-state index in [9.17, 15) is 9.90 Å².